The van der Waals surface area contributed by atoms with E-state index in [1.165, 1.54) is 154 Å². The van der Waals surface area contributed by atoms with E-state index in [9.17, 15) is 19.0 Å². The molecule has 3 N–H and O–H groups in total. The van der Waals surface area contributed by atoms with Crippen molar-refractivity contribution in [3.63, 3.8) is 0 Å². The van der Waals surface area contributed by atoms with Gasteiger partial charge < -0.3 is 20.1 Å². The van der Waals surface area contributed by atoms with Crippen molar-refractivity contribution in [1.82, 2.24) is 0 Å². The summed E-state index contributed by atoms with van der Waals surface area (Å²) in [5.74, 6) is -0.841. The molecule has 0 spiro atoms. The molecule has 0 saturated heterocycles. The van der Waals surface area contributed by atoms with Gasteiger partial charge in [0.25, 0.3) is 0 Å². The number of nitrogens with two attached hydrogens (primary N) is 1. The molecule has 0 rings (SSSR count). The number of allylic oxidation sites excluding steroid dienone is 24. The molecular formula is C81H138NO8P. The monoisotopic (exact) mass is 1280 g/mol. The molecule has 0 aromatic carbocycles. The van der Waals surface area contributed by atoms with Crippen LogP contribution in [0.15, 0.2) is 146 Å². The van der Waals surface area contributed by atoms with Crippen LogP contribution in [0, 0.1) is 0 Å². The first kappa shape index (κ1) is 86.9. The summed E-state index contributed by atoms with van der Waals surface area (Å²) in [6, 6.07) is 0. The van der Waals surface area contributed by atoms with Gasteiger partial charge in [-0.1, -0.05) is 339 Å². The van der Waals surface area contributed by atoms with Crippen molar-refractivity contribution in [3.8, 4) is 0 Å². The van der Waals surface area contributed by atoms with Crippen LogP contribution >= 0.6 is 7.82 Å². The van der Waals surface area contributed by atoms with Crippen LogP contribution in [-0.4, -0.2) is 49.3 Å². The number of hydrogen-bond acceptors (Lipinski definition) is 8. The number of ether oxygens (including phenoxy) is 2. The Balaban J connectivity index is 3.87. The van der Waals surface area contributed by atoms with Crippen molar-refractivity contribution in [3.05, 3.63) is 146 Å². The van der Waals surface area contributed by atoms with Crippen molar-refractivity contribution in [1.29, 1.82) is 0 Å². The van der Waals surface area contributed by atoms with E-state index in [1.54, 1.807) is 0 Å². The summed E-state index contributed by atoms with van der Waals surface area (Å²) in [6.07, 6.45) is 108. The quantitative estimate of drug-likeness (QED) is 0.0264. The summed E-state index contributed by atoms with van der Waals surface area (Å²) in [4.78, 5) is 35.4. The molecule has 0 radical (unpaired) electrons. The number of phosphoric acid groups is 1. The smallest absolute Gasteiger partial charge is 0.462 e. The Morgan fingerprint density at radius 3 is 0.846 bits per heavy atom. The maximum atomic E-state index is 12.8. The summed E-state index contributed by atoms with van der Waals surface area (Å²) in [7, 11) is -4.41. The number of rotatable bonds is 69. The molecule has 91 heavy (non-hydrogen) atoms. The summed E-state index contributed by atoms with van der Waals surface area (Å²) in [5, 5.41) is 0. The Morgan fingerprint density at radius 1 is 0.330 bits per heavy atom. The lowest BCUT2D eigenvalue weighted by atomic mass is 10.0. The zero-order chi connectivity index (χ0) is 65.8. The third-order valence-corrected chi connectivity index (χ3v) is 16.7. The summed E-state index contributed by atoms with van der Waals surface area (Å²) in [5.41, 5.74) is 5.41. The van der Waals surface area contributed by atoms with E-state index in [4.69, 9.17) is 24.3 Å². The van der Waals surface area contributed by atoms with E-state index in [0.29, 0.717) is 6.42 Å². The second-order valence-electron chi connectivity index (χ2n) is 24.4. The second-order valence-corrected chi connectivity index (χ2v) is 25.9. The van der Waals surface area contributed by atoms with Gasteiger partial charge in [-0.3, -0.25) is 18.6 Å². The highest BCUT2D eigenvalue weighted by Gasteiger charge is 2.26. The van der Waals surface area contributed by atoms with E-state index >= 15 is 0 Å². The molecule has 0 aliphatic heterocycles. The predicted molar refractivity (Wildman–Crippen MR) is 394 cm³/mol. The molecule has 0 heterocycles. The molecule has 520 valence electrons. The maximum absolute atomic E-state index is 12.8. The molecule has 9 nitrogen and oxygen atoms in total. The molecule has 0 aromatic heterocycles. The fourth-order valence-corrected chi connectivity index (χ4v) is 11.1. The van der Waals surface area contributed by atoms with Gasteiger partial charge >= 0.3 is 19.8 Å². The fourth-order valence-electron chi connectivity index (χ4n) is 10.3. The van der Waals surface area contributed by atoms with Crippen molar-refractivity contribution in [2.24, 2.45) is 5.73 Å². The zero-order valence-electron chi connectivity index (χ0n) is 58.5. The SMILES string of the molecule is CC/C=C\C/C=C\C/C=C\C/C=C\C/C=C\C/C=C\C/C=C\C/C=C\CCCCCCCCC(=O)OC(COC(=O)CCCCCCCCCCCCCCCCCCCCCCCCCCCC/C=C\C/C=C\C/C=C\C/C=C\CC)COP(=O)(O)OCCN. The highest BCUT2D eigenvalue weighted by molar-refractivity contribution is 7.47. The van der Waals surface area contributed by atoms with Crippen LogP contribution < -0.4 is 5.73 Å². The van der Waals surface area contributed by atoms with Gasteiger partial charge in [0, 0.05) is 19.4 Å². The molecule has 0 saturated carbocycles. The fraction of sp³-hybridized carbons (Fsp3) is 0.679. The van der Waals surface area contributed by atoms with Gasteiger partial charge in [-0.05, 0) is 116 Å². The largest absolute Gasteiger partial charge is 0.472 e. The number of unbranched alkanes of at least 4 members (excludes halogenated alkanes) is 32. The van der Waals surface area contributed by atoms with Gasteiger partial charge in [0.15, 0.2) is 6.10 Å². The Hall–Kier alpha value is -4.11. The lowest BCUT2D eigenvalue weighted by Gasteiger charge is -2.19. The van der Waals surface area contributed by atoms with Gasteiger partial charge in [-0.15, -0.1) is 0 Å². The van der Waals surface area contributed by atoms with Crippen LogP contribution in [0.25, 0.3) is 0 Å². The van der Waals surface area contributed by atoms with Crippen LogP contribution in [0.5, 0.6) is 0 Å². The zero-order valence-corrected chi connectivity index (χ0v) is 59.4. The molecule has 0 aliphatic rings. The van der Waals surface area contributed by atoms with E-state index in [-0.39, 0.29) is 38.6 Å². The van der Waals surface area contributed by atoms with Gasteiger partial charge in [0.05, 0.1) is 13.2 Å². The minimum atomic E-state index is -4.41. The first-order chi connectivity index (χ1) is 44.8. The minimum Gasteiger partial charge on any atom is -0.462 e. The molecule has 0 bridgehead atoms. The van der Waals surface area contributed by atoms with Crippen LogP contribution in [0.2, 0.25) is 0 Å². The van der Waals surface area contributed by atoms with Crippen molar-refractivity contribution in [2.45, 2.75) is 328 Å². The van der Waals surface area contributed by atoms with E-state index < -0.39 is 26.5 Å². The Bertz CT molecular complexity index is 2010. The highest BCUT2D eigenvalue weighted by atomic mass is 31.2. The first-order valence-corrected chi connectivity index (χ1v) is 38.8. The number of esters is 2. The third-order valence-electron chi connectivity index (χ3n) is 15.7. The number of carbonyl (C=O) groups excluding carboxylic acids is 2. The lowest BCUT2D eigenvalue weighted by molar-refractivity contribution is -0.161. The third kappa shape index (κ3) is 74.8. The predicted octanol–water partition coefficient (Wildman–Crippen LogP) is 25.0. The molecule has 10 heteroatoms. The molecule has 0 amide bonds. The standard InChI is InChI=1S/C81H138NO8P/c1-3-5-7-9-11-13-15-17-19-21-23-25-27-29-31-33-35-36-37-38-39-40-41-42-44-45-47-49-51-53-55-57-59-61-63-65-67-69-71-73-80(83)87-77-79(78-89-91(85,86)88-76-75-82)90-81(84)74-72-70-68-66-64-62-60-58-56-54-52-50-48-46-43-34-32-30-28-26-24-22-20-18-16-14-12-10-8-6-4-2/h5-8,11-14,17-20,23-26,30,32,43,46,50,52,56,58,79H,3-4,9-10,15-16,21-22,27-29,31,33-42,44-45,47-49,51,53-55,57,59-78,82H2,1-2H3,(H,85,86)/b7-5-,8-6-,13-11-,14-12-,19-17-,20-18-,25-23-,26-24-,32-30-,46-43-,52-50-,58-56-. The molecule has 0 fully saturated rings. The number of hydrogen-bond donors (Lipinski definition) is 2. The normalized spacial score (nSPS) is 13.8. The molecule has 2 unspecified atom stereocenters. The van der Waals surface area contributed by atoms with Crippen LogP contribution in [0.3, 0.4) is 0 Å². The minimum absolute atomic E-state index is 0.0454. The van der Waals surface area contributed by atoms with Crippen LogP contribution in [-0.2, 0) is 32.7 Å². The maximum Gasteiger partial charge on any atom is 0.472 e. The van der Waals surface area contributed by atoms with E-state index in [2.05, 4.69) is 160 Å². The topological polar surface area (TPSA) is 134 Å². The molecule has 0 aliphatic carbocycles. The summed E-state index contributed by atoms with van der Waals surface area (Å²) < 4.78 is 33.2. The second kappa shape index (κ2) is 74.9. The average Bonchev–Trinajstić information content (AvgIpc) is 3.71. The highest BCUT2D eigenvalue weighted by Crippen LogP contribution is 2.43. The van der Waals surface area contributed by atoms with Crippen LogP contribution in [0.4, 0.5) is 0 Å². The van der Waals surface area contributed by atoms with Crippen molar-refractivity contribution >= 4 is 19.8 Å². The van der Waals surface area contributed by atoms with Crippen molar-refractivity contribution < 1.29 is 37.6 Å². The van der Waals surface area contributed by atoms with E-state index in [0.717, 1.165) is 135 Å². The Morgan fingerprint density at radius 2 is 0.571 bits per heavy atom. The van der Waals surface area contributed by atoms with Gasteiger partial charge in [0.2, 0.25) is 0 Å². The number of phosphoric ester groups is 1. The van der Waals surface area contributed by atoms with Gasteiger partial charge in [-0.2, -0.15) is 0 Å². The summed E-state index contributed by atoms with van der Waals surface area (Å²) >= 11 is 0. The Kier molecular flexibility index (Phi) is 71.5. The van der Waals surface area contributed by atoms with Crippen molar-refractivity contribution in [2.75, 3.05) is 26.4 Å². The Labute approximate surface area is 560 Å². The van der Waals surface area contributed by atoms with E-state index in [1.807, 2.05) is 0 Å². The number of carbonyl (C=O) groups is 2. The van der Waals surface area contributed by atoms with Gasteiger partial charge in [0.1, 0.15) is 6.61 Å². The molecular weight excluding hydrogens is 1150 g/mol. The average molecular weight is 1280 g/mol. The van der Waals surface area contributed by atoms with Crippen LogP contribution in [0.1, 0.15) is 322 Å². The summed E-state index contributed by atoms with van der Waals surface area (Å²) in [6.45, 7) is 3.52. The first-order valence-electron chi connectivity index (χ1n) is 37.3. The molecule has 0 aromatic rings. The van der Waals surface area contributed by atoms with Gasteiger partial charge in [-0.25, -0.2) is 4.57 Å². The lowest BCUT2D eigenvalue weighted by Crippen LogP contribution is -2.29. The molecule has 2 atom stereocenters.